The van der Waals surface area contributed by atoms with E-state index >= 15 is 0 Å². The number of benzene rings is 3. The highest BCUT2D eigenvalue weighted by Crippen LogP contribution is 2.17. The molecule has 0 atom stereocenters. The predicted octanol–water partition coefficient (Wildman–Crippen LogP) is 4.85. The number of anilines is 1. The summed E-state index contributed by atoms with van der Waals surface area (Å²) in [6.45, 7) is 0.490. The Hall–Kier alpha value is -3.60. The molecule has 0 unspecified atom stereocenters. The van der Waals surface area contributed by atoms with Crippen LogP contribution in [0.2, 0.25) is 0 Å². The number of carbonyl (C=O) groups is 1. The average Bonchev–Trinajstić information content (AvgIpc) is 2.69. The van der Waals surface area contributed by atoms with Gasteiger partial charge in [0.15, 0.2) is 0 Å². The van der Waals surface area contributed by atoms with E-state index in [1.54, 1.807) is 24.3 Å². The van der Waals surface area contributed by atoms with Crippen molar-refractivity contribution in [1.29, 1.82) is 0 Å². The van der Waals surface area contributed by atoms with E-state index < -0.39 is 6.09 Å². The van der Waals surface area contributed by atoms with E-state index in [0.29, 0.717) is 12.3 Å². The van der Waals surface area contributed by atoms with Crippen LogP contribution >= 0.6 is 0 Å². The molecule has 5 nitrogen and oxygen atoms in total. The quantitative estimate of drug-likeness (QED) is 0.394. The summed E-state index contributed by atoms with van der Waals surface area (Å²) >= 11 is 0. The molecule has 0 aliphatic carbocycles. The zero-order valence-electron chi connectivity index (χ0n) is 14.0. The molecule has 0 aliphatic rings. The summed E-state index contributed by atoms with van der Waals surface area (Å²) < 4.78 is 5.70. The van der Waals surface area contributed by atoms with Gasteiger partial charge in [0.1, 0.15) is 12.4 Å². The third-order valence-electron chi connectivity index (χ3n) is 3.49. The summed E-state index contributed by atoms with van der Waals surface area (Å²) in [5.74, 6) is 0.717. The number of rotatable bonds is 6. The highest BCUT2D eigenvalue weighted by atomic mass is 16.7. The average molecular weight is 346 g/mol. The fourth-order valence-corrected chi connectivity index (χ4v) is 2.19. The Kier molecular flexibility index (Phi) is 5.99. The molecule has 0 bridgehead atoms. The zero-order valence-corrected chi connectivity index (χ0v) is 14.0. The van der Waals surface area contributed by atoms with Crippen LogP contribution in [0.3, 0.4) is 0 Å². The third-order valence-corrected chi connectivity index (χ3v) is 3.49. The van der Waals surface area contributed by atoms with Crippen LogP contribution in [-0.4, -0.2) is 12.3 Å². The molecule has 3 rings (SSSR count). The second-order valence-electron chi connectivity index (χ2n) is 5.45. The second kappa shape index (κ2) is 9.03. The van der Waals surface area contributed by atoms with Crippen LogP contribution in [0.5, 0.6) is 5.75 Å². The standard InChI is InChI=1S/C21H18N2O3/c24-21(26-22-15-17-7-3-1-4-8-17)23-19-11-13-20(14-12-19)25-16-18-9-5-2-6-10-18/h1-15H,16H2,(H,23,24)/b22-15+. The molecule has 3 aromatic carbocycles. The van der Waals surface area contributed by atoms with E-state index in [1.807, 2.05) is 60.7 Å². The Labute approximate surface area is 151 Å². The molecule has 5 heteroatoms. The van der Waals surface area contributed by atoms with E-state index in [1.165, 1.54) is 6.21 Å². The summed E-state index contributed by atoms with van der Waals surface area (Å²) in [5.41, 5.74) is 2.53. The highest BCUT2D eigenvalue weighted by molar-refractivity contribution is 5.85. The van der Waals surface area contributed by atoms with Gasteiger partial charge in [0, 0.05) is 5.69 Å². The highest BCUT2D eigenvalue weighted by Gasteiger charge is 2.03. The first kappa shape index (κ1) is 17.2. The van der Waals surface area contributed by atoms with Gasteiger partial charge >= 0.3 is 6.09 Å². The minimum Gasteiger partial charge on any atom is -0.489 e. The van der Waals surface area contributed by atoms with Crippen molar-refractivity contribution in [3.8, 4) is 5.75 Å². The maximum absolute atomic E-state index is 11.7. The van der Waals surface area contributed by atoms with Gasteiger partial charge in [-0.05, 0) is 35.4 Å². The number of oxime groups is 1. The third kappa shape index (κ3) is 5.49. The molecular formula is C21H18N2O3. The normalized spacial score (nSPS) is 10.5. The molecular weight excluding hydrogens is 328 g/mol. The number of carbonyl (C=O) groups excluding carboxylic acids is 1. The van der Waals surface area contributed by atoms with Crippen LogP contribution in [0.4, 0.5) is 10.5 Å². The van der Waals surface area contributed by atoms with Crippen molar-refractivity contribution < 1.29 is 14.4 Å². The Morgan fingerprint density at radius 1 is 0.885 bits per heavy atom. The number of hydrogen-bond donors (Lipinski definition) is 1. The monoisotopic (exact) mass is 346 g/mol. The van der Waals surface area contributed by atoms with Gasteiger partial charge in [-0.15, -0.1) is 0 Å². The summed E-state index contributed by atoms with van der Waals surface area (Å²) in [4.78, 5) is 16.5. The van der Waals surface area contributed by atoms with Gasteiger partial charge in [0.2, 0.25) is 0 Å². The lowest BCUT2D eigenvalue weighted by molar-refractivity contribution is 0.167. The van der Waals surface area contributed by atoms with Gasteiger partial charge in [-0.1, -0.05) is 65.8 Å². The Bertz CT molecular complexity index is 847. The van der Waals surface area contributed by atoms with Gasteiger partial charge in [-0.2, -0.15) is 0 Å². The smallest absolute Gasteiger partial charge is 0.437 e. The van der Waals surface area contributed by atoms with Crippen molar-refractivity contribution in [3.63, 3.8) is 0 Å². The van der Waals surface area contributed by atoms with Gasteiger partial charge < -0.3 is 4.74 Å². The van der Waals surface area contributed by atoms with Crippen LogP contribution in [0.1, 0.15) is 11.1 Å². The summed E-state index contributed by atoms with van der Waals surface area (Å²) in [6, 6.07) is 26.3. The van der Waals surface area contributed by atoms with Crippen molar-refractivity contribution in [2.75, 3.05) is 5.32 Å². The van der Waals surface area contributed by atoms with E-state index in [2.05, 4.69) is 10.5 Å². The molecule has 130 valence electrons. The van der Waals surface area contributed by atoms with Crippen molar-refractivity contribution >= 4 is 18.0 Å². The first-order chi connectivity index (χ1) is 12.8. The number of ether oxygens (including phenoxy) is 1. The first-order valence-corrected chi connectivity index (χ1v) is 8.13. The summed E-state index contributed by atoms with van der Waals surface area (Å²) in [5, 5.41) is 6.26. The van der Waals surface area contributed by atoms with Crippen LogP contribution in [-0.2, 0) is 11.4 Å². The molecule has 1 amide bonds. The van der Waals surface area contributed by atoms with Crippen LogP contribution in [0.25, 0.3) is 0 Å². The maximum Gasteiger partial charge on any atom is 0.437 e. The zero-order chi connectivity index (χ0) is 18.0. The van der Waals surface area contributed by atoms with Gasteiger partial charge in [0.05, 0.1) is 6.21 Å². The molecule has 0 saturated heterocycles. The Morgan fingerprint density at radius 3 is 2.23 bits per heavy atom. The molecule has 26 heavy (non-hydrogen) atoms. The topological polar surface area (TPSA) is 59.9 Å². The lowest BCUT2D eigenvalue weighted by Crippen LogP contribution is -2.10. The molecule has 3 aromatic rings. The number of amides is 1. The molecule has 0 spiro atoms. The molecule has 0 heterocycles. The van der Waals surface area contributed by atoms with E-state index in [-0.39, 0.29) is 0 Å². The minimum atomic E-state index is -0.657. The Morgan fingerprint density at radius 2 is 1.54 bits per heavy atom. The lowest BCUT2D eigenvalue weighted by Gasteiger charge is -2.07. The van der Waals surface area contributed by atoms with Gasteiger partial charge in [-0.25, -0.2) is 4.79 Å². The molecule has 0 aliphatic heterocycles. The molecule has 1 N–H and O–H groups in total. The van der Waals surface area contributed by atoms with Crippen molar-refractivity contribution in [3.05, 3.63) is 96.1 Å². The molecule has 0 saturated carbocycles. The summed E-state index contributed by atoms with van der Waals surface area (Å²) in [6.07, 6.45) is 0.815. The SMILES string of the molecule is O=C(Nc1ccc(OCc2ccccc2)cc1)O/N=C/c1ccccc1. The largest absolute Gasteiger partial charge is 0.489 e. The number of nitrogens with one attached hydrogen (secondary N) is 1. The van der Waals surface area contributed by atoms with Crippen molar-refractivity contribution in [2.45, 2.75) is 6.61 Å². The van der Waals surface area contributed by atoms with Crippen LogP contribution in [0, 0.1) is 0 Å². The van der Waals surface area contributed by atoms with Crippen molar-refractivity contribution in [1.82, 2.24) is 0 Å². The number of nitrogens with zero attached hydrogens (tertiary/aromatic N) is 1. The molecule has 0 aromatic heterocycles. The Balaban J connectivity index is 1.46. The lowest BCUT2D eigenvalue weighted by atomic mass is 10.2. The predicted molar refractivity (Wildman–Crippen MR) is 101 cm³/mol. The fourth-order valence-electron chi connectivity index (χ4n) is 2.19. The van der Waals surface area contributed by atoms with Crippen LogP contribution in [0.15, 0.2) is 90.1 Å². The fraction of sp³-hybridized carbons (Fsp3) is 0.0476. The number of hydrogen-bond acceptors (Lipinski definition) is 4. The van der Waals surface area contributed by atoms with Crippen LogP contribution < -0.4 is 10.1 Å². The van der Waals surface area contributed by atoms with E-state index in [9.17, 15) is 4.79 Å². The molecule has 0 radical (unpaired) electrons. The minimum absolute atomic E-state index is 0.490. The van der Waals surface area contributed by atoms with Gasteiger partial charge in [-0.3, -0.25) is 10.2 Å². The molecule has 0 fully saturated rings. The van der Waals surface area contributed by atoms with Crippen molar-refractivity contribution in [2.24, 2.45) is 5.16 Å². The van der Waals surface area contributed by atoms with E-state index in [0.717, 1.165) is 16.9 Å². The van der Waals surface area contributed by atoms with Gasteiger partial charge in [0.25, 0.3) is 0 Å². The first-order valence-electron chi connectivity index (χ1n) is 8.13. The second-order valence-corrected chi connectivity index (χ2v) is 5.45. The van der Waals surface area contributed by atoms with E-state index in [4.69, 9.17) is 9.57 Å². The summed E-state index contributed by atoms with van der Waals surface area (Å²) in [7, 11) is 0. The maximum atomic E-state index is 11.7.